The van der Waals surface area contributed by atoms with Gasteiger partial charge in [-0.25, -0.2) is 0 Å². The predicted molar refractivity (Wildman–Crippen MR) is 80.3 cm³/mol. The summed E-state index contributed by atoms with van der Waals surface area (Å²) in [4.78, 5) is 16.5. The van der Waals surface area contributed by atoms with Crippen LogP contribution in [0, 0.1) is 6.92 Å². The smallest absolute Gasteiger partial charge is 0.253 e. The highest BCUT2D eigenvalue weighted by atomic mass is 16.4. The second-order valence-corrected chi connectivity index (χ2v) is 5.69. The Hall–Kier alpha value is -2.11. The van der Waals surface area contributed by atoms with E-state index in [9.17, 15) is 4.79 Å². The molecule has 1 aliphatic rings. The van der Waals surface area contributed by atoms with Crippen LogP contribution in [0.3, 0.4) is 0 Å². The van der Waals surface area contributed by atoms with E-state index in [4.69, 9.17) is 10.9 Å². The number of hydrogen-bond acceptors (Lipinski definition) is 4. The van der Waals surface area contributed by atoms with Crippen LogP contribution in [0.1, 0.15) is 54.4 Å². The number of nitrogens with two attached hydrogens (primary N) is 1. The van der Waals surface area contributed by atoms with Crippen LogP contribution in [0.4, 0.5) is 0 Å². The van der Waals surface area contributed by atoms with Gasteiger partial charge in [0, 0.05) is 12.4 Å². The van der Waals surface area contributed by atoms with Gasteiger partial charge in [-0.2, -0.15) is 0 Å². The van der Waals surface area contributed by atoms with Crippen molar-refractivity contribution in [2.45, 2.75) is 51.0 Å². The van der Waals surface area contributed by atoms with Crippen LogP contribution in [0.5, 0.6) is 0 Å². The number of aromatic nitrogens is 1. The molecule has 1 aromatic rings. The summed E-state index contributed by atoms with van der Waals surface area (Å²) in [6.07, 6.45) is 8.69. The summed E-state index contributed by atoms with van der Waals surface area (Å²) in [5.74, 6) is -0.155. The maximum absolute atomic E-state index is 12.5. The molecule has 1 aliphatic carbocycles. The number of pyridine rings is 1. The van der Waals surface area contributed by atoms with Gasteiger partial charge in [-0.1, -0.05) is 30.8 Å². The molecule has 21 heavy (non-hydrogen) atoms. The maximum Gasteiger partial charge on any atom is 0.253 e. The summed E-state index contributed by atoms with van der Waals surface area (Å²) >= 11 is 0. The Kier molecular flexibility index (Phi) is 4.77. The van der Waals surface area contributed by atoms with Crippen LogP contribution in [0.2, 0.25) is 0 Å². The van der Waals surface area contributed by atoms with E-state index in [0.717, 1.165) is 31.2 Å². The van der Waals surface area contributed by atoms with Crippen LogP contribution < -0.4 is 11.1 Å². The molecule has 0 aromatic carbocycles. The van der Waals surface area contributed by atoms with Crippen molar-refractivity contribution in [3.05, 3.63) is 29.6 Å². The number of aryl methyl sites for hydroxylation is 1. The van der Waals surface area contributed by atoms with Crippen LogP contribution in [-0.4, -0.2) is 27.5 Å². The summed E-state index contributed by atoms with van der Waals surface area (Å²) in [5.41, 5.74) is 6.53. The third-order valence-electron chi connectivity index (χ3n) is 4.05. The van der Waals surface area contributed by atoms with Gasteiger partial charge in [0.25, 0.3) is 5.91 Å². The number of amides is 1. The third-order valence-corrected chi connectivity index (χ3v) is 4.05. The first kappa shape index (κ1) is 15.3. The van der Waals surface area contributed by atoms with Crippen LogP contribution in [0.15, 0.2) is 23.6 Å². The number of nitrogens with zero attached hydrogens (tertiary/aromatic N) is 2. The number of oxime groups is 1. The van der Waals surface area contributed by atoms with E-state index in [2.05, 4.69) is 15.5 Å². The van der Waals surface area contributed by atoms with E-state index >= 15 is 0 Å². The minimum atomic E-state index is -0.758. The molecule has 0 spiro atoms. The first-order chi connectivity index (χ1) is 10.1. The van der Waals surface area contributed by atoms with Gasteiger partial charge in [0.1, 0.15) is 5.54 Å². The number of nitrogens with one attached hydrogen (secondary N) is 1. The highest BCUT2D eigenvalue weighted by Gasteiger charge is 2.37. The summed E-state index contributed by atoms with van der Waals surface area (Å²) in [5, 5.41) is 15.2. The van der Waals surface area contributed by atoms with Crippen molar-refractivity contribution in [1.82, 2.24) is 10.3 Å². The lowest BCUT2D eigenvalue weighted by atomic mass is 9.88. The average molecular weight is 290 g/mol. The van der Waals surface area contributed by atoms with E-state index in [0.29, 0.717) is 18.4 Å². The molecule has 1 saturated carbocycles. The van der Waals surface area contributed by atoms with Crippen LogP contribution in [-0.2, 0) is 0 Å². The molecule has 4 N–H and O–H groups in total. The Labute approximate surface area is 124 Å². The number of rotatable bonds is 3. The monoisotopic (exact) mass is 290 g/mol. The average Bonchev–Trinajstić information content (AvgIpc) is 2.73. The van der Waals surface area contributed by atoms with Gasteiger partial charge in [-0.05, 0) is 31.4 Å². The zero-order chi connectivity index (χ0) is 15.3. The second-order valence-electron chi connectivity index (χ2n) is 5.69. The molecule has 2 rings (SSSR count). The molecule has 1 fully saturated rings. The minimum absolute atomic E-state index is 0.0818. The van der Waals surface area contributed by atoms with Gasteiger partial charge >= 0.3 is 0 Å². The largest absolute Gasteiger partial charge is 0.409 e. The Balaban J connectivity index is 2.24. The molecular formula is C15H22N4O2. The summed E-state index contributed by atoms with van der Waals surface area (Å²) < 4.78 is 0. The van der Waals surface area contributed by atoms with Crippen LogP contribution in [0.25, 0.3) is 0 Å². The highest BCUT2D eigenvalue weighted by Crippen LogP contribution is 2.28. The Morgan fingerprint density at radius 3 is 2.57 bits per heavy atom. The molecule has 0 unspecified atom stereocenters. The maximum atomic E-state index is 12.5. The summed E-state index contributed by atoms with van der Waals surface area (Å²) in [7, 11) is 0. The molecule has 1 aromatic heterocycles. The minimum Gasteiger partial charge on any atom is -0.409 e. The van der Waals surface area contributed by atoms with Gasteiger partial charge < -0.3 is 16.3 Å². The second kappa shape index (κ2) is 6.56. The molecule has 114 valence electrons. The highest BCUT2D eigenvalue weighted by molar-refractivity contribution is 6.00. The topological polar surface area (TPSA) is 101 Å². The SMILES string of the molecule is Cc1cncc(C(=O)NC2(C(N)=NO)CCCCCC2)c1. The van der Waals surface area contributed by atoms with Crippen molar-refractivity contribution >= 4 is 11.7 Å². The van der Waals surface area contributed by atoms with Gasteiger partial charge in [0.05, 0.1) is 5.56 Å². The lowest BCUT2D eigenvalue weighted by molar-refractivity contribution is 0.0915. The number of carbonyl (C=O) groups excluding carboxylic acids is 1. The zero-order valence-electron chi connectivity index (χ0n) is 12.3. The van der Waals surface area contributed by atoms with E-state index in [-0.39, 0.29) is 11.7 Å². The first-order valence-electron chi connectivity index (χ1n) is 7.29. The van der Waals surface area contributed by atoms with E-state index < -0.39 is 5.54 Å². The number of amidine groups is 1. The van der Waals surface area contributed by atoms with E-state index in [1.165, 1.54) is 6.20 Å². The molecule has 6 heteroatoms. The normalized spacial score (nSPS) is 18.8. The fourth-order valence-corrected chi connectivity index (χ4v) is 2.84. The fraction of sp³-hybridized carbons (Fsp3) is 0.533. The molecule has 0 bridgehead atoms. The Morgan fingerprint density at radius 2 is 2.00 bits per heavy atom. The van der Waals surface area contributed by atoms with Gasteiger partial charge in [-0.15, -0.1) is 0 Å². The van der Waals surface area contributed by atoms with E-state index in [1.54, 1.807) is 12.3 Å². The molecule has 0 radical (unpaired) electrons. The molecule has 0 saturated heterocycles. The molecule has 6 nitrogen and oxygen atoms in total. The van der Waals surface area contributed by atoms with Crippen molar-refractivity contribution in [2.75, 3.05) is 0 Å². The van der Waals surface area contributed by atoms with Crippen molar-refractivity contribution < 1.29 is 10.0 Å². The predicted octanol–water partition coefficient (Wildman–Crippen LogP) is 1.96. The first-order valence-corrected chi connectivity index (χ1v) is 7.29. The van der Waals surface area contributed by atoms with Crippen molar-refractivity contribution in [3.8, 4) is 0 Å². The Morgan fingerprint density at radius 1 is 1.33 bits per heavy atom. The summed E-state index contributed by atoms with van der Waals surface area (Å²) in [6.45, 7) is 1.88. The molecular weight excluding hydrogens is 268 g/mol. The van der Waals surface area contributed by atoms with Crippen molar-refractivity contribution in [2.24, 2.45) is 10.9 Å². The fourth-order valence-electron chi connectivity index (χ4n) is 2.84. The molecule has 0 atom stereocenters. The Bertz CT molecular complexity index is 534. The standard InChI is InChI=1S/C15H22N4O2/c1-11-8-12(10-17-9-11)13(20)18-15(14(16)19-21)6-4-2-3-5-7-15/h8-10,21H,2-7H2,1H3,(H2,16,19)(H,18,20). The lowest BCUT2D eigenvalue weighted by Gasteiger charge is -2.32. The van der Waals surface area contributed by atoms with E-state index in [1.807, 2.05) is 6.92 Å². The molecule has 1 heterocycles. The quantitative estimate of drug-likeness (QED) is 0.260. The summed E-state index contributed by atoms with van der Waals surface area (Å²) in [6, 6.07) is 1.78. The van der Waals surface area contributed by atoms with Gasteiger partial charge in [0.2, 0.25) is 0 Å². The molecule has 0 aliphatic heterocycles. The lowest BCUT2D eigenvalue weighted by Crippen LogP contribution is -2.57. The number of hydrogen-bond donors (Lipinski definition) is 3. The van der Waals surface area contributed by atoms with Gasteiger partial charge in [-0.3, -0.25) is 9.78 Å². The van der Waals surface area contributed by atoms with Crippen molar-refractivity contribution in [3.63, 3.8) is 0 Å². The third kappa shape index (κ3) is 3.51. The molecule has 1 amide bonds. The van der Waals surface area contributed by atoms with Crippen molar-refractivity contribution in [1.29, 1.82) is 0 Å². The zero-order valence-corrected chi connectivity index (χ0v) is 12.3. The number of carbonyl (C=O) groups is 1. The van der Waals surface area contributed by atoms with Gasteiger partial charge in [0.15, 0.2) is 5.84 Å². The van der Waals surface area contributed by atoms with Crippen LogP contribution >= 0.6 is 0 Å².